The Labute approximate surface area is 160 Å². The van der Waals surface area contributed by atoms with Crippen molar-refractivity contribution in [2.45, 2.75) is 6.61 Å². The molecule has 0 heterocycles. The molecule has 7 heteroatoms. The Bertz CT molecular complexity index is 975. The Morgan fingerprint density at radius 3 is 2.44 bits per heavy atom. The number of ether oxygens (including phenoxy) is 2. The Morgan fingerprint density at radius 1 is 0.963 bits per heavy atom. The number of para-hydroxylation sites is 1. The number of nitrogens with zero attached hydrogens (tertiary/aromatic N) is 1. The van der Waals surface area contributed by atoms with Crippen LogP contribution in [0.4, 0.5) is 5.69 Å². The van der Waals surface area contributed by atoms with Crippen LogP contribution in [0.2, 0.25) is 5.02 Å². The molecule has 6 nitrogen and oxygen atoms in total. The van der Waals surface area contributed by atoms with Crippen LogP contribution in [0.15, 0.2) is 72.8 Å². The lowest BCUT2D eigenvalue weighted by Crippen LogP contribution is -2.06. The molecule has 0 radical (unpaired) electrons. The number of nitro benzene ring substituents is 1. The summed E-state index contributed by atoms with van der Waals surface area (Å²) < 4.78 is 11.0. The highest BCUT2D eigenvalue weighted by Crippen LogP contribution is 2.24. The van der Waals surface area contributed by atoms with Gasteiger partial charge in [0.1, 0.15) is 18.1 Å². The summed E-state index contributed by atoms with van der Waals surface area (Å²) in [6.45, 7) is -0.0240. The zero-order chi connectivity index (χ0) is 19.2. The standard InChI is InChI=1S/C20H14ClNO5/c21-19-10-9-15(22(24)25)12-18(19)20(23)26-13-14-5-4-8-17(11-14)27-16-6-2-1-3-7-16/h1-12H,13H2. The number of hydrogen-bond donors (Lipinski definition) is 0. The summed E-state index contributed by atoms with van der Waals surface area (Å²) in [6, 6.07) is 20.0. The molecule has 0 atom stereocenters. The van der Waals surface area contributed by atoms with Crippen LogP contribution in [0.1, 0.15) is 15.9 Å². The second-order valence-corrected chi connectivity index (χ2v) is 5.97. The monoisotopic (exact) mass is 383 g/mol. The van der Waals surface area contributed by atoms with Gasteiger partial charge in [-0.2, -0.15) is 0 Å². The molecule has 0 aliphatic carbocycles. The average Bonchev–Trinajstić information content (AvgIpc) is 2.67. The van der Waals surface area contributed by atoms with E-state index in [0.29, 0.717) is 17.1 Å². The molecule has 0 N–H and O–H groups in total. The van der Waals surface area contributed by atoms with Crippen LogP contribution in [0, 0.1) is 10.1 Å². The fourth-order valence-electron chi connectivity index (χ4n) is 2.33. The van der Waals surface area contributed by atoms with Crippen LogP contribution < -0.4 is 4.74 Å². The van der Waals surface area contributed by atoms with Gasteiger partial charge in [-0.15, -0.1) is 0 Å². The lowest BCUT2D eigenvalue weighted by atomic mass is 10.2. The molecule has 0 unspecified atom stereocenters. The van der Waals surface area contributed by atoms with E-state index >= 15 is 0 Å². The molecule has 27 heavy (non-hydrogen) atoms. The van der Waals surface area contributed by atoms with Crippen molar-refractivity contribution in [2.24, 2.45) is 0 Å². The SMILES string of the molecule is O=C(OCc1cccc(Oc2ccccc2)c1)c1cc([N+](=O)[O-])ccc1Cl. The fourth-order valence-corrected chi connectivity index (χ4v) is 2.53. The molecule has 3 rings (SSSR count). The van der Waals surface area contributed by atoms with Gasteiger partial charge in [0.05, 0.1) is 15.5 Å². The molecule has 0 amide bonds. The molecular formula is C20H14ClNO5. The topological polar surface area (TPSA) is 78.7 Å². The maximum Gasteiger partial charge on any atom is 0.340 e. The van der Waals surface area contributed by atoms with Crippen molar-refractivity contribution < 1.29 is 19.2 Å². The lowest BCUT2D eigenvalue weighted by Gasteiger charge is -2.09. The number of carbonyl (C=O) groups excluding carboxylic acids is 1. The van der Waals surface area contributed by atoms with Gasteiger partial charge >= 0.3 is 5.97 Å². The van der Waals surface area contributed by atoms with Gasteiger partial charge in [0, 0.05) is 12.1 Å². The van der Waals surface area contributed by atoms with E-state index in [-0.39, 0.29) is 22.9 Å². The minimum Gasteiger partial charge on any atom is -0.457 e. The van der Waals surface area contributed by atoms with Gasteiger partial charge in [0.25, 0.3) is 5.69 Å². The first-order chi connectivity index (χ1) is 13.0. The van der Waals surface area contributed by atoms with Gasteiger partial charge in [-0.25, -0.2) is 4.79 Å². The van der Waals surface area contributed by atoms with Gasteiger partial charge < -0.3 is 9.47 Å². The third kappa shape index (κ3) is 4.83. The Morgan fingerprint density at radius 2 is 1.70 bits per heavy atom. The molecule has 3 aromatic rings. The number of nitro groups is 1. The number of carbonyl (C=O) groups is 1. The van der Waals surface area contributed by atoms with E-state index in [4.69, 9.17) is 21.1 Å². The molecule has 0 spiro atoms. The van der Waals surface area contributed by atoms with Gasteiger partial charge in [-0.05, 0) is 35.9 Å². The van der Waals surface area contributed by atoms with E-state index in [1.165, 1.54) is 12.1 Å². The highest BCUT2D eigenvalue weighted by Gasteiger charge is 2.17. The maximum atomic E-state index is 12.2. The Hall–Kier alpha value is -3.38. The number of esters is 1. The largest absolute Gasteiger partial charge is 0.457 e. The van der Waals surface area contributed by atoms with Crippen molar-refractivity contribution in [2.75, 3.05) is 0 Å². The second kappa shape index (κ2) is 8.33. The number of rotatable bonds is 6. The minimum atomic E-state index is -0.738. The predicted octanol–water partition coefficient (Wildman–Crippen LogP) is 5.40. The van der Waals surface area contributed by atoms with Gasteiger partial charge in [0.2, 0.25) is 0 Å². The van der Waals surface area contributed by atoms with E-state index < -0.39 is 10.9 Å². The first-order valence-corrected chi connectivity index (χ1v) is 8.33. The smallest absolute Gasteiger partial charge is 0.340 e. The minimum absolute atomic E-state index is 0.0240. The molecule has 0 saturated carbocycles. The Kier molecular flexibility index (Phi) is 5.68. The molecular weight excluding hydrogens is 370 g/mol. The maximum absolute atomic E-state index is 12.2. The van der Waals surface area contributed by atoms with Crippen molar-refractivity contribution in [1.82, 2.24) is 0 Å². The van der Waals surface area contributed by atoms with E-state index in [1.54, 1.807) is 24.3 Å². The first kappa shape index (κ1) is 18.4. The number of non-ortho nitro benzene ring substituents is 1. The van der Waals surface area contributed by atoms with Crippen LogP contribution in [0.25, 0.3) is 0 Å². The quantitative estimate of drug-likeness (QED) is 0.323. The van der Waals surface area contributed by atoms with Crippen molar-refractivity contribution in [3.8, 4) is 11.5 Å². The molecule has 0 aliphatic heterocycles. The van der Waals surface area contributed by atoms with Crippen molar-refractivity contribution in [3.05, 3.63) is 99.1 Å². The predicted molar refractivity (Wildman–Crippen MR) is 100 cm³/mol. The number of benzene rings is 3. The lowest BCUT2D eigenvalue weighted by molar-refractivity contribution is -0.384. The third-order valence-corrected chi connectivity index (χ3v) is 3.96. The molecule has 0 aliphatic rings. The summed E-state index contributed by atoms with van der Waals surface area (Å²) >= 11 is 5.95. The van der Waals surface area contributed by atoms with Crippen molar-refractivity contribution in [1.29, 1.82) is 0 Å². The van der Waals surface area contributed by atoms with Gasteiger partial charge in [-0.1, -0.05) is 41.9 Å². The second-order valence-electron chi connectivity index (χ2n) is 5.56. The molecule has 0 fully saturated rings. The van der Waals surface area contributed by atoms with E-state index in [2.05, 4.69) is 0 Å². The van der Waals surface area contributed by atoms with Crippen LogP contribution in [0.3, 0.4) is 0 Å². The average molecular weight is 384 g/mol. The summed E-state index contributed by atoms with van der Waals surface area (Å²) in [5.74, 6) is 0.552. The number of halogens is 1. The van der Waals surface area contributed by atoms with E-state index in [1.807, 2.05) is 30.3 Å². The van der Waals surface area contributed by atoms with Gasteiger partial charge in [0.15, 0.2) is 0 Å². The highest BCUT2D eigenvalue weighted by molar-refractivity contribution is 6.33. The molecule has 136 valence electrons. The van der Waals surface area contributed by atoms with Crippen LogP contribution in [0.5, 0.6) is 11.5 Å². The molecule has 0 aromatic heterocycles. The first-order valence-electron chi connectivity index (χ1n) is 7.96. The van der Waals surface area contributed by atoms with Crippen LogP contribution in [-0.4, -0.2) is 10.9 Å². The van der Waals surface area contributed by atoms with Crippen molar-refractivity contribution in [3.63, 3.8) is 0 Å². The summed E-state index contributed by atoms with van der Waals surface area (Å²) in [6.07, 6.45) is 0. The summed E-state index contributed by atoms with van der Waals surface area (Å²) in [4.78, 5) is 22.5. The highest BCUT2D eigenvalue weighted by atomic mass is 35.5. The van der Waals surface area contributed by atoms with Gasteiger partial charge in [-0.3, -0.25) is 10.1 Å². The zero-order valence-corrected chi connectivity index (χ0v) is 14.8. The van der Waals surface area contributed by atoms with E-state index in [9.17, 15) is 14.9 Å². The number of hydrogen-bond acceptors (Lipinski definition) is 5. The summed E-state index contributed by atoms with van der Waals surface area (Å²) in [7, 11) is 0. The van der Waals surface area contributed by atoms with E-state index in [0.717, 1.165) is 6.07 Å². The molecule has 3 aromatic carbocycles. The Balaban J connectivity index is 1.68. The summed E-state index contributed by atoms with van der Waals surface area (Å²) in [5.41, 5.74) is 0.422. The van der Waals surface area contributed by atoms with Crippen LogP contribution >= 0.6 is 11.6 Å². The summed E-state index contributed by atoms with van der Waals surface area (Å²) in [5, 5.41) is 10.9. The zero-order valence-electron chi connectivity index (χ0n) is 14.0. The normalized spacial score (nSPS) is 10.3. The molecule has 0 bridgehead atoms. The fraction of sp³-hybridized carbons (Fsp3) is 0.0500. The third-order valence-electron chi connectivity index (χ3n) is 3.63. The van der Waals surface area contributed by atoms with Crippen LogP contribution in [-0.2, 0) is 11.3 Å². The van der Waals surface area contributed by atoms with Crippen molar-refractivity contribution >= 4 is 23.3 Å². The molecule has 0 saturated heterocycles.